The molecular formula is C18H18NiO6. The first-order chi connectivity index (χ1) is 11.5. The molecule has 0 radical (unpaired) electrons. The van der Waals surface area contributed by atoms with Gasteiger partial charge < -0.3 is 29.3 Å². The number of carboxylic acids is 2. The fourth-order valence-corrected chi connectivity index (χ4v) is 1.71. The minimum Gasteiger partial charge on any atom is -0.545 e. The van der Waals surface area contributed by atoms with Gasteiger partial charge in [-0.1, -0.05) is 0 Å². The van der Waals surface area contributed by atoms with Gasteiger partial charge in [-0.05, 0) is 73.5 Å². The van der Waals surface area contributed by atoms with Crippen LogP contribution in [0.15, 0.2) is 48.5 Å². The van der Waals surface area contributed by atoms with Gasteiger partial charge in [0, 0.05) is 0 Å². The molecule has 2 rings (SSSR count). The third-order valence-electron chi connectivity index (χ3n) is 2.80. The van der Waals surface area contributed by atoms with E-state index in [1.807, 2.05) is 13.8 Å². The molecule has 0 fully saturated rings. The molecule has 0 saturated heterocycles. The van der Waals surface area contributed by atoms with Gasteiger partial charge in [0.25, 0.3) is 0 Å². The summed E-state index contributed by atoms with van der Waals surface area (Å²) < 4.78 is 10.3. The third kappa shape index (κ3) is 8.22. The van der Waals surface area contributed by atoms with Gasteiger partial charge in [0.2, 0.25) is 0 Å². The van der Waals surface area contributed by atoms with Crippen LogP contribution in [0.3, 0.4) is 0 Å². The standard InChI is InChI=1S/2C9H10O3.Ni/c2*1-2-12-8-5-3-7(4-6-8)9(10)11;/h2*3-6H,2H2,1H3,(H,10,11);/q;;+2/p-2. The van der Waals surface area contributed by atoms with Gasteiger partial charge in [-0.2, -0.15) is 0 Å². The van der Waals surface area contributed by atoms with Crippen molar-refractivity contribution in [3.8, 4) is 11.5 Å². The largest absolute Gasteiger partial charge is 2.00 e. The molecule has 0 bridgehead atoms. The number of hydrogen-bond donors (Lipinski definition) is 0. The molecule has 0 N–H and O–H groups in total. The van der Waals surface area contributed by atoms with Crippen LogP contribution >= 0.6 is 0 Å². The fourth-order valence-electron chi connectivity index (χ4n) is 1.71. The predicted molar refractivity (Wildman–Crippen MR) is 83.9 cm³/mol. The second kappa shape index (κ2) is 11.9. The Hall–Kier alpha value is -2.53. The maximum atomic E-state index is 10.3. The summed E-state index contributed by atoms with van der Waals surface area (Å²) in [6.07, 6.45) is 0. The second-order valence-corrected chi connectivity index (χ2v) is 4.49. The van der Waals surface area contributed by atoms with Crippen molar-refractivity contribution in [3.63, 3.8) is 0 Å². The first-order valence-electron chi connectivity index (χ1n) is 7.36. The van der Waals surface area contributed by atoms with E-state index >= 15 is 0 Å². The van der Waals surface area contributed by atoms with Crippen molar-refractivity contribution in [2.24, 2.45) is 0 Å². The minimum absolute atomic E-state index is 0. The van der Waals surface area contributed by atoms with E-state index in [1.165, 1.54) is 24.3 Å². The van der Waals surface area contributed by atoms with Gasteiger partial charge >= 0.3 is 16.5 Å². The molecular weight excluding hydrogens is 371 g/mol. The number of rotatable bonds is 6. The molecule has 0 aromatic heterocycles. The van der Waals surface area contributed by atoms with Crippen LogP contribution < -0.4 is 19.7 Å². The summed E-state index contributed by atoms with van der Waals surface area (Å²) in [5.41, 5.74) is 0.330. The maximum Gasteiger partial charge on any atom is 2.00 e. The zero-order valence-electron chi connectivity index (χ0n) is 13.8. The molecule has 25 heavy (non-hydrogen) atoms. The van der Waals surface area contributed by atoms with Crippen LogP contribution in [0.25, 0.3) is 0 Å². The summed E-state index contributed by atoms with van der Waals surface area (Å²) in [5.74, 6) is -0.999. The van der Waals surface area contributed by atoms with Crippen molar-refractivity contribution < 1.29 is 45.8 Å². The van der Waals surface area contributed by atoms with Crippen molar-refractivity contribution in [2.75, 3.05) is 13.2 Å². The number of ether oxygens (including phenoxy) is 2. The van der Waals surface area contributed by atoms with Crippen LogP contribution in [-0.4, -0.2) is 25.2 Å². The number of carboxylic acid groups (broad SMARTS) is 2. The molecule has 0 aliphatic heterocycles. The molecule has 0 amide bonds. The Morgan fingerprint density at radius 3 is 1.20 bits per heavy atom. The van der Waals surface area contributed by atoms with E-state index in [1.54, 1.807) is 24.3 Å². The van der Waals surface area contributed by atoms with E-state index < -0.39 is 11.9 Å². The average Bonchev–Trinajstić information content (AvgIpc) is 2.57. The zero-order chi connectivity index (χ0) is 17.9. The summed E-state index contributed by atoms with van der Waals surface area (Å²) in [6.45, 7) is 4.88. The normalized spacial score (nSPS) is 9.04. The van der Waals surface area contributed by atoms with Gasteiger partial charge in [-0.3, -0.25) is 0 Å². The Labute approximate surface area is 156 Å². The molecule has 0 atom stereocenters. The SMILES string of the molecule is CCOc1ccc(C(=O)[O-])cc1.CCOc1ccc(C(=O)[O-])cc1.[Ni+2]. The molecule has 0 saturated carbocycles. The Morgan fingerprint density at radius 2 is 1.00 bits per heavy atom. The molecule has 2 aromatic carbocycles. The number of carbonyl (C=O) groups is 2. The Kier molecular flexibility index (Phi) is 10.7. The molecule has 136 valence electrons. The summed E-state index contributed by atoms with van der Waals surface area (Å²) in [5, 5.41) is 20.6. The third-order valence-corrected chi connectivity index (χ3v) is 2.80. The van der Waals surface area contributed by atoms with E-state index in [-0.39, 0.29) is 27.6 Å². The van der Waals surface area contributed by atoms with Gasteiger partial charge in [0.1, 0.15) is 11.5 Å². The smallest absolute Gasteiger partial charge is 0.545 e. The molecule has 0 spiro atoms. The topological polar surface area (TPSA) is 98.7 Å². The summed E-state index contributed by atoms with van der Waals surface area (Å²) in [7, 11) is 0. The van der Waals surface area contributed by atoms with E-state index in [0.29, 0.717) is 24.7 Å². The predicted octanol–water partition coefficient (Wildman–Crippen LogP) is 0.895. The van der Waals surface area contributed by atoms with Crippen molar-refractivity contribution in [1.82, 2.24) is 0 Å². The van der Waals surface area contributed by atoms with Crippen molar-refractivity contribution in [2.45, 2.75) is 13.8 Å². The number of aromatic carboxylic acids is 2. The van der Waals surface area contributed by atoms with Crippen molar-refractivity contribution in [1.29, 1.82) is 0 Å². The van der Waals surface area contributed by atoms with E-state index in [2.05, 4.69) is 0 Å². The minimum atomic E-state index is -1.17. The number of benzene rings is 2. The molecule has 7 heteroatoms. The van der Waals surface area contributed by atoms with Gasteiger partial charge in [-0.25, -0.2) is 0 Å². The fraction of sp³-hybridized carbons (Fsp3) is 0.222. The zero-order valence-corrected chi connectivity index (χ0v) is 14.8. The average molecular weight is 389 g/mol. The number of carbonyl (C=O) groups excluding carboxylic acids is 2. The molecule has 6 nitrogen and oxygen atoms in total. The van der Waals surface area contributed by atoms with Gasteiger partial charge in [0.05, 0.1) is 25.2 Å². The van der Waals surface area contributed by atoms with E-state index in [0.717, 1.165) is 0 Å². The maximum absolute atomic E-state index is 10.3. The van der Waals surface area contributed by atoms with Crippen LogP contribution in [0.2, 0.25) is 0 Å². The first-order valence-corrected chi connectivity index (χ1v) is 7.36. The monoisotopic (exact) mass is 388 g/mol. The Balaban J connectivity index is 0.000000443. The van der Waals surface area contributed by atoms with Crippen LogP contribution in [0.1, 0.15) is 34.6 Å². The van der Waals surface area contributed by atoms with Crippen molar-refractivity contribution in [3.05, 3.63) is 59.7 Å². The van der Waals surface area contributed by atoms with Crippen molar-refractivity contribution >= 4 is 11.9 Å². The van der Waals surface area contributed by atoms with Crippen LogP contribution in [-0.2, 0) is 16.5 Å². The Bertz CT molecular complexity index is 593. The second-order valence-electron chi connectivity index (χ2n) is 4.49. The molecule has 0 heterocycles. The van der Waals surface area contributed by atoms with E-state index in [4.69, 9.17) is 9.47 Å². The Morgan fingerprint density at radius 1 is 0.720 bits per heavy atom. The summed E-state index contributed by atoms with van der Waals surface area (Å²) in [4.78, 5) is 20.6. The molecule has 0 aliphatic rings. The summed E-state index contributed by atoms with van der Waals surface area (Å²) >= 11 is 0. The number of hydrogen-bond acceptors (Lipinski definition) is 6. The molecule has 0 aliphatic carbocycles. The first kappa shape index (κ1) is 22.5. The van der Waals surface area contributed by atoms with Gasteiger partial charge in [0.15, 0.2) is 0 Å². The molecule has 0 unspecified atom stereocenters. The summed E-state index contributed by atoms with van der Waals surface area (Å²) in [6, 6.07) is 12.3. The van der Waals surface area contributed by atoms with Crippen LogP contribution in [0, 0.1) is 0 Å². The van der Waals surface area contributed by atoms with Gasteiger partial charge in [-0.15, -0.1) is 0 Å². The van der Waals surface area contributed by atoms with Crippen LogP contribution in [0.4, 0.5) is 0 Å². The van der Waals surface area contributed by atoms with E-state index in [9.17, 15) is 19.8 Å². The molecule has 2 aromatic rings. The quantitative estimate of drug-likeness (QED) is 0.681. The van der Waals surface area contributed by atoms with Crippen LogP contribution in [0.5, 0.6) is 11.5 Å².